The Hall–Kier alpha value is -1.72. The van der Waals surface area contributed by atoms with Gasteiger partial charge in [-0.25, -0.2) is 4.98 Å². The maximum Gasteiger partial charge on any atom is 0.222 e. The highest BCUT2D eigenvalue weighted by Gasteiger charge is 2.22. The van der Waals surface area contributed by atoms with Gasteiger partial charge in [0.2, 0.25) is 5.91 Å². The Balaban J connectivity index is 1.98. The molecule has 0 saturated heterocycles. The summed E-state index contributed by atoms with van der Waals surface area (Å²) >= 11 is 1.68. The van der Waals surface area contributed by atoms with Crippen molar-refractivity contribution in [3.63, 3.8) is 0 Å². The van der Waals surface area contributed by atoms with Crippen molar-refractivity contribution >= 4 is 17.2 Å². The van der Waals surface area contributed by atoms with Crippen LogP contribution in [0.25, 0.3) is 10.6 Å². The molecule has 1 heterocycles. The fraction of sp³-hybridized carbons (Fsp3) is 0.500. The van der Waals surface area contributed by atoms with Crippen LogP contribution < -0.4 is 5.73 Å². The number of hydrogen-bond acceptors (Lipinski definition) is 4. The lowest BCUT2D eigenvalue weighted by atomic mass is 10.1. The summed E-state index contributed by atoms with van der Waals surface area (Å²) in [6, 6.07) is 10.2. The molecule has 1 atom stereocenters. The normalized spacial score (nSPS) is 12.2. The average molecular weight is 360 g/mol. The van der Waals surface area contributed by atoms with Gasteiger partial charge in [0.15, 0.2) is 0 Å². The minimum absolute atomic E-state index is 0.0477. The van der Waals surface area contributed by atoms with Gasteiger partial charge in [-0.05, 0) is 33.2 Å². The van der Waals surface area contributed by atoms with E-state index in [0.717, 1.165) is 53.4 Å². The molecular formula is C20H29N3OS. The van der Waals surface area contributed by atoms with Gasteiger partial charge >= 0.3 is 0 Å². The molecule has 0 fully saturated rings. The van der Waals surface area contributed by atoms with Crippen molar-refractivity contribution < 1.29 is 4.79 Å². The van der Waals surface area contributed by atoms with E-state index < -0.39 is 0 Å². The molecule has 0 radical (unpaired) electrons. The van der Waals surface area contributed by atoms with Crippen molar-refractivity contribution in [1.29, 1.82) is 0 Å². The van der Waals surface area contributed by atoms with E-state index in [1.54, 1.807) is 11.3 Å². The predicted molar refractivity (Wildman–Crippen MR) is 106 cm³/mol. The van der Waals surface area contributed by atoms with E-state index in [2.05, 4.69) is 19.1 Å². The van der Waals surface area contributed by atoms with Crippen LogP contribution in [-0.4, -0.2) is 29.4 Å². The standard InChI is InChI=1S/C20H29N3OS/c1-15-19(25-20(22-15)17-11-7-6-8-12-17)16(2)23(3)18(24)13-9-4-5-10-14-21/h6-8,11-12,16H,4-5,9-10,13-14,21H2,1-3H3. The molecule has 5 heteroatoms. The molecule has 136 valence electrons. The first-order valence-electron chi connectivity index (χ1n) is 9.03. The largest absolute Gasteiger partial charge is 0.338 e. The Bertz CT molecular complexity index is 669. The van der Waals surface area contributed by atoms with Gasteiger partial charge in [0.05, 0.1) is 16.6 Å². The first kappa shape index (κ1) is 19.6. The molecule has 0 bridgehead atoms. The summed E-state index contributed by atoms with van der Waals surface area (Å²) in [5.41, 5.74) is 7.64. The van der Waals surface area contributed by atoms with Gasteiger partial charge in [0, 0.05) is 19.0 Å². The van der Waals surface area contributed by atoms with Gasteiger partial charge < -0.3 is 10.6 Å². The maximum absolute atomic E-state index is 12.5. The molecule has 1 amide bonds. The molecule has 1 aromatic carbocycles. The Kier molecular flexibility index (Phi) is 7.59. The number of carbonyl (C=O) groups excluding carboxylic acids is 1. The average Bonchev–Trinajstić information content (AvgIpc) is 3.02. The lowest BCUT2D eigenvalue weighted by Gasteiger charge is -2.24. The van der Waals surface area contributed by atoms with Crippen LogP contribution in [-0.2, 0) is 4.79 Å². The third-order valence-electron chi connectivity index (χ3n) is 4.55. The highest BCUT2D eigenvalue weighted by molar-refractivity contribution is 7.15. The van der Waals surface area contributed by atoms with Gasteiger partial charge in [-0.1, -0.05) is 43.2 Å². The first-order chi connectivity index (χ1) is 12.0. The van der Waals surface area contributed by atoms with Gasteiger partial charge in [0.1, 0.15) is 5.01 Å². The highest BCUT2D eigenvalue weighted by Crippen LogP contribution is 2.34. The SMILES string of the molecule is Cc1nc(-c2ccccc2)sc1C(C)N(C)C(=O)CCCCCCN. The van der Waals surface area contributed by atoms with E-state index >= 15 is 0 Å². The van der Waals surface area contributed by atoms with Crippen molar-refractivity contribution in [3.05, 3.63) is 40.9 Å². The lowest BCUT2D eigenvalue weighted by Crippen LogP contribution is -2.29. The molecule has 2 N–H and O–H groups in total. The third-order valence-corrected chi connectivity index (χ3v) is 5.93. The van der Waals surface area contributed by atoms with Gasteiger partial charge in [-0.15, -0.1) is 11.3 Å². The number of benzene rings is 1. The number of hydrogen-bond donors (Lipinski definition) is 1. The fourth-order valence-electron chi connectivity index (χ4n) is 2.84. The summed E-state index contributed by atoms with van der Waals surface area (Å²) in [4.78, 5) is 20.2. The Morgan fingerprint density at radius 2 is 1.88 bits per heavy atom. The highest BCUT2D eigenvalue weighted by atomic mass is 32.1. The molecule has 4 nitrogen and oxygen atoms in total. The number of aryl methyl sites for hydroxylation is 1. The summed E-state index contributed by atoms with van der Waals surface area (Å²) in [5, 5.41) is 1.02. The number of nitrogens with zero attached hydrogens (tertiary/aromatic N) is 2. The van der Waals surface area contributed by atoms with Crippen LogP contribution in [0.1, 0.15) is 55.6 Å². The molecule has 1 aromatic heterocycles. The van der Waals surface area contributed by atoms with E-state index in [-0.39, 0.29) is 11.9 Å². The van der Waals surface area contributed by atoms with Crippen LogP contribution in [0, 0.1) is 6.92 Å². The minimum Gasteiger partial charge on any atom is -0.338 e. The number of unbranched alkanes of at least 4 members (excludes halogenated alkanes) is 3. The first-order valence-corrected chi connectivity index (χ1v) is 9.84. The van der Waals surface area contributed by atoms with Crippen molar-refractivity contribution in [3.8, 4) is 10.6 Å². The Morgan fingerprint density at radius 1 is 1.20 bits per heavy atom. The number of carbonyl (C=O) groups is 1. The topological polar surface area (TPSA) is 59.2 Å². The van der Waals surface area contributed by atoms with Crippen LogP contribution in [0.4, 0.5) is 0 Å². The van der Waals surface area contributed by atoms with E-state index in [0.29, 0.717) is 6.42 Å². The Morgan fingerprint density at radius 3 is 2.56 bits per heavy atom. The summed E-state index contributed by atoms with van der Waals surface area (Å²) in [5.74, 6) is 0.203. The van der Waals surface area contributed by atoms with Gasteiger partial charge in [0.25, 0.3) is 0 Å². The van der Waals surface area contributed by atoms with Crippen molar-refractivity contribution in [2.75, 3.05) is 13.6 Å². The number of rotatable bonds is 9. The second-order valence-corrected chi connectivity index (χ2v) is 7.50. The van der Waals surface area contributed by atoms with Crippen molar-refractivity contribution in [1.82, 2.24) is 9.88 Å². The second-order valence-electron chi connectivity index (χ2n) is 6.47. The van der Waals surface area contributed by atoms with E-state index in [4.69, 9.17) is 10.7 Å². The molecule has 2 aromatic rings. The van der Waals surface area contributed by atoms with E-state index in [1.807, 2.05) is 37.1 Å². The van der Waals surface area contributed by atoms with E-state index in [1.165, 1.54) is 0 Å². The van der Waals surface area contributed by atoms with Crippen LogP contribution in [0.3, 0.4) is 0 Å². The number of nitrogens with two attached hydrogens (primary N) is 1. The molecule has 1 unspecified atom stereocenters. The number of amides is 1. The summed E-state index contributed by atoms with van der Waals surface area (Å²) in [7, 11) is 1.90. The molecule has 0 aliphatic rings. The molecular weight excluding hydrogens is 330 g/mol. The fourth-order valence-corrected chi connectivity index (χ4v) is 4.01. The molecule has 0 aliphatic heterocycles. The van der Waals surface area contributed by atoms with Crippen molar-refractivity contribution in [2.45, 2.75) is 52.0 Å². The number of aromatic nitrogens is 1. The van der Waals surface area contributed by atoms with Crippen LogP contribution in [0.2, 0.25) is 0 Å². The third kappa shape index (κ3) is 5.38. The zero-order valence-electron chi connectivity index (χ0n) is 15.5. The predicted octanol–water partition coefficient (Wildman–Crippen LogP) is 4.55. The van der Waals surface area contributed by atoms with Crippen LogP contribution in [0.5, 0.6) is 0 Å². The summed E-state index contributed by atoms with van der Waals surface area (Å²) < 4.78 is 0. The van der Waals surface area contributed by atoms with Crippen LogP contribution in [0.15, 0.2) is 30.3 Å². The lowest BCUT2D eigenvalue weighted by molar-refractivity contribution is -0.131. The monoisotopic (exact) mass is 359 g/mol. The number of thiazole rings is 1. The zero-order chi connectivity index (χ0) is 18.2. The minimum atomic E-state index is 0.0477. The van der Waals surface area contributed by atoms with Gasteiger partial charge in [-0.3, -0.25) is 4.79 Å². The quantitative estimate of drug-likeness (QED) is 0.668. The molecule has 0 aliphatic carbocycles. The summed E-state index contributed by atoms with van der Waals surface area (Å²) in [6.45, 7) is 4.85. The van der Waals surface area contributed by atoms with Crippen LogP contribution >= 0.6 is 11.3 Å². The second kappa shape index (κ2) is 9.68. The molecule has 0 saturated carbocycles. The smallest absolute Gasteiger partial charge is 0.222 e. The zero-order valence-corrected chi connectivity index (χ0v) is 16.3. The molecule has 25 heavy (non-hydrogen) atoms. The molecule has 2 rings (SSSR count). The summed E-state index contributed by atoms with van der Waals surface area (Å²) in [6.07, 6.45) is 4.77. The maximum atomic E-state index is 12.5. The van der Waals surface area contributed by atoms with Gasteiger partial charge in [-0.2, -0.15) is 0 Å². The molecule has 0 spiro atoms. The Labute approximate surface area is 155 Å². The van der Waals surface area contributed by atoms with E-state index in [9.17, 15) is 4.79 Å². The van der Waals surface area contributed by atoms with Crippen molar-refractivity contribution in [2.24, 2.45) is 5.73 Å².